The molecule has 8 nitrogen and oxygen atoms in total. The Morgan fingerprint density at radius 2 is 1.81 bits per heavy atom. The summed E-state index contributed by atoms with van der Waals surface area (Å²) in [6, 6.07) is 14.1. The minimum Gasteiger partial charge on any atom is -0.382 e. The van der Waals surface area contributed by atoms with Gasteiger partial charge in [0.15, 0.2) is 9.84 Å². The number of anilines is 2. The predicted octanol–water partition coefficient (Wildman–Crippen LogP) is 2.59. The first-order chi connectivity index (χ1) is 15.2. The summed E-state index contributed by atoms with van der Waals surface area (Å²) in [4.78, 5) is 20.7. The van der Waals surface area contributed by atoms with Crippen molar-refractivity contribution in [2.24, 2.45) is 5.73 Å². The van der Waals surface area contributed by atoms with Crippen LogP contribution >= 0.6 is 0 Å². The molecule has 0 saturated heterocycles. The lowest BCUT2D eigenvalue weighted by molar-refractivity contribution is -0.114. The SMILES string of the molecule is CC(C)S(=O)(=O)c1ccc(-c2cnc(N)c(CCc3cccc(NC(=O)CN)c3)n2)cc1. The zero-order chi connectivity index (χ0) is 23.3. The first-order valence-corrected chi connectivity index (χ1v) is 11.8. The largest absolute Gasteiger partial charge is 0.382 e. The highest BCUT2D eigenvalue weighted by molar-refractivity contribution is 7.92. The van der Waals surface area contributed by atoms with E-state index in [2.05, 4.69) is 15.3 Å². The molecule has 0 unspecified atom stereocenters. The average Bonchev–Trinajstić information content (AvgIpc) is 2.78. The number of amides is 1. The summed E-state index contributed by atoms with van der Waals surface area (Å²) in [5.74, 6) is 0.0949. The number of rotatable bonds is 8. The van der Waals surface area contributed by atoms with Gasteiger partial charge in [-0.15, -0.1) is 0 Å². The van der Waals surface area contributed by atoms with Crippen LogP contribution in [0.4, 0.5) is 11.5 Å². The van der Waals surface area contributed by atoms with Crippen molar-refractivity contribution in [3.05, 3.63) is 66.0 Å². The van der Waals surface area contributed by atoms with Gasteiger partial charge in [-0.1, -0.05) is 24.3 Å². The number of sulfone groups is 1. The molecule has 0 saturated carbocycles. The molecule has 1 aromatic heterocycles. The van der Waals surface area contributed by atoms with E-state index < -0.39 is 15.1 Å². The molecule has 0 spiro atoms. The molecule has 0 fully saturated rings. The summed E-state index contributed by atoms with van der Waals surface area (Å²) < 4.78 is 24.6. The maximum Gasteiger partial charge on any atom is 0.238 e. The maximum absolute atomic E-state index is 12.3. The Balaban J connectivity index is 1.77. The zero-order valence-electron chi connectivity index (χ0n) is 18.1. The highest BCUT2D eigenvalue weighted by Crippen LogP contribution is 2.23. The minimum absolute atomic E-state index is 0.0759. The molecule has 0 aliphatic carbocycles. The lowest BCUT2D eigenvalue weighted by Gasteiger charge is -2.10. The van der Waals surface area contributed by atoms with Crippen molar-refractivity contribution in [2.45, 2.75) is 36.8 Å². The van der Waals surface area contributed by atoms with Crippen LogP contribution < -0.4 is 16.8 Å². The van der Waals surface area contributed by atoms with Gasteiger partial charge in [0, 0.05) is 11.3 Å². The van der Waals surface area contributed by atoms with E-state index in [0.717, 1.165) is 11.1 Å². The van der Waals surface area contributed by atoms with E-state index in [-0.39, 0.29) is 17.3 Å². The normalized spacial score (nSPS) is 11.5. The Hall–Kier alpha value is -3.30. The topological polar surface area (TPSA) is 141 Å². The molecule has 32 heavy (non-hydrogen) atoms. The Morgan fingerprint density at radius 3 is 2.47 bits per heavy atom. The van der Waals surface area contributed by atoms with Gasteiger partial charge in [0.2, 0.25) is 5.91 Å². The second-order valence-corrected chi connectivity index (χ2v) is 10.2. The lowest BCUT2D eigenvalue weighted by atomic mass is 10.1. The number of nitrogens with one attached hydrogen (secondary N) is 1. The molecule has 0 aliphatic heterocycles. The van der Waals surface area contributed by atoms with Gasteiger partial charge in [-0.3, -0.25) is 4.79 Å². The van der Waals surface area contributed by atoms with Gasteiger partial charge in [-0.2, -0.15) is 0 Å². The molecule has 0 atom stereocenters. The number of nitrogens with zero attached hydrogens (tertiary/aromatic N) is 2. The van der Waals surface area contributed by atoms with E-state index in [0.29, 0.717) is 35.7 Å². The second kappa shape index (κ2) is 9.88. The molecule has 0 aliphatic rings. The quantitative estimate of drug-likeness (QED) is 0.476. The molecule has 9 heteroatoms. The number of hydrogen-bond donors (Lipinski definition) is 3. The van der Waals surface area contributed by atoms with Gasteiger partial charge in [-0.05, 0) is 56.5 Å². The summed E-state index contributed by atoms with van der Waals surface area (Å²) in [7, 11) is -3.33. The predicted molar refractivity (Wildman–Crippen MR) is 126 cm³/mol. The molecule has 3 rings (SSSR count). The van der Waals surface area contributed by atoms with Gasteiger partial charge in [0.05, 0.1) is 34.3 Å². The summed E-state index contributed by atoms with van der Waals surface area (Å²) in [5, 5.41) is 2.25. The van der Waals surface area contributed by atoms with E-state index in [1.165, 1.54) is 0 Å². The Kier molecular flexibility index (Phi) is 7.22. The monoisotopic (exact) mass is 453 g/mol. The molecule has 3 aromatic rings. The fraction of sp³-hybridized carbons (Fsp3) is 0.261. The van der Waals surface area contributed by atoms with Gasteiger partial charge < -0.3 is 16.8 Å². The second-order valence-electron chi connectivity index (χ2n) is 7.66. The lowest BCUT2D eigenvalue weighted by Crippen LogP contribution is -2.21. The molecular formula is C23H27N5O3S. The van der Waals surface area contributed by atoms with Crippen molar-refractivity contribution in [3.63, 3.8) is 0 Å². The van der Waals surface area contributed by atoms with Crippen LogP contribution in [0.25, 0.3) is 11.3 Å². The third-order valence-electron chi connectivity index (χ3n) is 5.02. The fourth-order valence-electron chi connectivity index (χ4n) is 3.13. The number of hydrogen-bond acceptors (Lipinski definition) is 7. The van der Waals surface area contributed by atoms with Crippen molar-refractivity contribution in [1.29, 1.82) is 0 Å². The molecule has 168 valence electrons. The molecule has 2 aromatic carbocycles. The van der Waals surface area contributed by atoms with Crippen molar-refractivity contribution in [3.8, 4) is 11.3 Å². The number of carbonyl (C=O) groups is 1. The zero-order valence-corrected chi connectivity index (χ0v) is 18.9. The molecule has 1 heterocycles. The van der Waals surface area contributed by atoms with Crippen molar-refractivity contribution in [2.75, 3.05) is 17.6 Å². The van der Waals surface area contributed by atoms with Gasteiger partial charge in [0.1, 0.15) is 5.82 Å². The third-order valence-corrected chi connectivity index (χ3v) is 7.19. The molecule has 5 N–H and O–H groups in total. The summed E-state index contributed by atoms with van der Waals surface area (Å²) in [5.41, 5.74) is 15.1. The standard InChI is InChI=1S/C23H27N5O3S/c1-15(2)32(30,31)19-9-7-17(8-10-19)21-14-26-23(25)20(28-21)11-6-16-4-3-5-18(12-16)27-22(29)13-24/h3-5,7-10,12,14-15H,6,11,13,24H2,1-2H3,(H2,25,26)(H,27,29). The van der Waals surface area contributed by atoms with Gasteiger partial charge >= 0.3 is 0 Å². The third kappa shape index (κ3) is 5.49. The maximum atomic E-state index is 12.3. The number of benzene rings is 2. The molecule has 0 bridgehead atoms. The van der Waals surface area contributed by atoms with E-state index in [9.17, 15) is 13.2 Å². The van der Waals surface area contributed by atoms with Crippen LogP contribution in [0.2, 0.25) is 0 Å². The van der Waals surface area contributed by atoms with E-state index in [1.807, 2.05) is 18.2 Å². The molecular weight excluding hydrogens is 426 g/mol. The number of nitrogen functional groups attached to an aromatic ring is 1. The van der Waals surface area contributed by atoms with Crippen LogP contribution in [0.5, 0.6) is 0 Å². The van der Waals surface area contributed by atoms with Crippen molar-refractivity contribution >= 4 is 27.2 Å². The average molecular weight is 454 g/mol. The van der Waals surface area contributed by atoms with Crippen molar-refractivity contribution < 1.29 is 13.2 Å². The first-order valence-electron chi connectivity index (χ1n) is 10.2. The minimum atomic E-state index is -3.33. The van der Waals surface area contributed by atoms with E-state index >= 15 is 0 Å². The summed E-state index contributed by atoms with van der Waals surface area (Å²) in [6.45, 7) is 3.24. The van der Waals surface area contributed by atoms with E-state index in [1.54, 1.807) is 50.4 Å². The number of carbonyl (C=O) groups excluding carboxylic acids is 1. The van der Waals surface area contributed by atoms with Crippen LogP contribution in [0.1, 0.15) is 25.1 Å². The molecule has 1 amide bonds. The highest BCUT2D eigenvalue weighted by Gasteiger charge is 2.19. The Labute approximate surface area is 188 Å². The van der Waals surface area contributed by atoms with Crippen LogP contribution in [-0.2, 0) is 27.5 Å². The van der Waals surface area contributed by atoms with Gasteiger partial charge in [0.25, 0.3) is 0 Å². The van der Waals surface area contributed by atoms with Crippen LogP contribution in [0, 0.1) is 0 Å². The number of aromatic nitrogens is 2. The highest BCUT2D eigenvalue weighted by atomic mass is 32.2. The number of nitrogens with two attached hydrogens (primary N) is 2. The molecule has 0 radical (unpaired) electrons. The van der Waals surface area contributed by atoms with E-state index in [4.69, 9.17) is 11.5 Å². The Bertz CT molecular complexity index is 1210. The summed E-state index contributed by atoms with van der Waals surface area (Å²) >= 11 is 0. The van der Waals surface area contributed by atoms with Gasteiger partial charge in [-0.25, -0.2) is 18.4 Å². The number of aryl methyl sites for hydroxylation is 2. The summed E-state index contributed by atoms with van der Waals surface area (Å²) in [6.07, 6.45) is 2.79. The van der Waals surface area contributed by atoms with Crippen LogP contribution in [-0.4, -0.2) is 36.1 Å². The smallest absolute Gasteiger partial charge is 0.238 e. The Morgan fingerprint density at radius 1 is 1.09 bits per heavy atom. The first kappa shape index (κ1) is 23.4. The van der Waals surface area contributed by atoms with Crippen molar-refractivity contribution in [1.82, 2.24) is 9.97 Å². The fourth-order valence-corrected chi connectivity index (χ4v) is 4.19. The van der Waals surface area contributed by atoms with Crippen LogP contribution in [0.3, 0.4) is 0 Å². The van der Waals surface area contributed by atoms with Crippen LogP contribution in [0.15, 0.2) is 59.6 Å².